The quantitative estimate of drug-likeness (QED) is 0.391. The maximum absolute atomic E-state index is 12.7. The van der Waals surface area contributed by atoms with Crippen LogP contribution in [-0.4, -0.2) is 26.8 Å². The number of halogens is 1. The first-order valence-electron chi connectivity index (χ1n) is 8.58. The summed E-state index contributed by atoms with van der Waals surface area (Å²) < 4.78 is 1.23. The van der Waals surface area contributed by atoms with Crippen molar-refractivity contribution in [3.8, 4) is 0 Å². The molecule has 0 aliphatic heterocycles. The minimum absolute atomic E-state index is 0.0381. The summed E-state index contributed by atoms with van der Waals surface area (Å²) in [6.45, 7) is 3.57. The normalized spacial score (nSPS) is 11.3. The summed E-state index contributed by atoms with van der Waals surface area (Å²) in [5.74, 6) is -0.631. The third kappa shape index (κ3) is 4.14. The van der Waals surface area contributed by atoms with Gasteiger partial charge in [0.1, 0.15) is 0 Å². The topological polar surface area (TPSA) is 119 Å². The Morgan fingerprint density at radius 1 is 1.28 bits per heavy atom. The van der Waals surface area contributed by atoms with Crippen LogP contribution in [0.15, 0.2) is 52.4 Å². The van der Waals surface area contributed by atoms with E-state index in [1.165, 1.54) is 29.1 Å². The van der Waals surface area contributed by atoms with Gasteiger partial charge in [0, 0.05) is 28.1 Å². The number of rotatable bonds is 5. The fraction of sp³-hybridized carbons (Fsp3) is 0.158. The van der Waals surface area contributed by atoms with Gasteiger partial charge in [-0.1, -0.05) is 29.8 Å². The van der Waals surface area contributed by atoms with E-state index in [1.807, 2.05) is 0 Å². The van der Waals surface area contributed by atoms with Crippen molar-refractivity contribution in [2.24, 2.45) is 5.10 Å². The summed E-state index contributed by atoms with van der Waals surface area (Å²) in [5.41, 5.74) is 2.19. The van der Waals surface area contributed by atoms with E-state index in [-0.39, 0.29) is 33.6 Å². The molecule has 148 valence electrons. The number of hydrogen-bond donors (Lipinski definition) is 1. The summed E-state index contributed by atoms with van der Waals surface area (Å²) in [5, 5.41) is 19.9. The first-order chi connectivity index (χ1) is 13.8. The fourth-order valence-corrected chi connectivity index (χ4v) is 2.85. The smallest absolute Gasteiger partial charge is 0.267 e. The van der Waals surface area contributed by atoms with Crippen LogP contribution >= 0.6 is 11.6 Å². The second kappa shape index (κ2) is 8.19. The predicted octanol–water partition coefficient (Wildman–Crippen LogP) is 3.30. The Morgan fingerprint density at radius 3 is 2.62 bits per heavy atom. The Bertz CT molecular complexity index is 1200. The molecule has 1 N–H and O–H groups in total. The van der Waals surface area contributed by atoms with Gasteiger partial charge in [-0.15, -0.1) is 0 Å². The molecule has 1 aromatic heterocycles. The molecule has 0 aliphatic rings. The van der Waals surface area contributed by atoms with Crippen molar-refractivity contribution in [3.05, 3.63) is 79.2 Å². The second-order valence-electron chi connectivity index (χ2n) is 6.40. The number of carbonyl (C=O) groups is 1. The van der Waals surface area contributed by atoms with Crippen molar-refractivity contribution in [2.45, 2.75) is 19.9 Å². The number of hydrazone groups is 1. The highest BCUT2D eigenvalue weighted by atomic mass is 35.5. The zero-order chi connectivity index (χ0) is 21.1. The molecule has 0 atom stereocenters. The summed E-state index contributed by atoms with van der Waals surface area (Å²) in [4.78, 5) is 35.5. The van der Waals surface area contributed by atoms with Crippen molar-refractivity contribution < 1.29 is 9.72 Å². The van der Waals surface area contributed by atoms with Crippen molar-refractivity contribution >= 4 is 40.2 Å². The van der Waals surface area contributed by atoms with E-state index in [2.05, 4.69) is 15.6 Å². The van der Waals surface area contributed by atoms with E-state index >= 15 is 0 Å². The molecule has 0 aliphatic carbocycles. The van der Waals surface area contributed by atoms with Crippen LogP contribution in [0.5, 0.6) is 0 Å². The molecule has 0 radical (unpaired) electrons. The van der Waals surface area contributed by atoms with Gasteiger partial charge in [0.2, 0.25) is 0 Å². The summed E-state index contributed by atoms with van der Waals surface area (Å²) in [6, 6.07) is 10.3. The molecule has 0 fully saturated rings. The van der Waals surface area contributed by atoms with Crippen molar-refractivity contribution in [1.82, 2.24) is 15.2 Å². The number of aromatic nitrogens is 2. The van der Waals surface area contributed by atoms with E-state index in [1.54, 1.807) is 38.1 Å². The number of nitrogens with one attached hydrogen (secondary N) is 1. The minimum Gasteiger partial charge on any atom is -0.267 e. The van der Waals surface area contributed by atoms with Gasteiger partial charge in [-0.2, -0.15) is 10.2 Å². The lowest BCUT2D eigenvalue weighted by Crippen LogP contribution is -2.30. The number of hydrogen-bond acceptors (Lipinski definition) is 6. The molecule has 0 saturated heterocycles. The summed E-state index contributed by atoms with van der Waals surface area (Å²) in [6.07, 6.45) is 1.20. The molecular formula is C19H16ClN5O4. The standard InChI is InChI=1S/C19H16ClN5O4/c1-11(2)24-19(27)15-6-4-3-5-14(15)17(23-24)18(26)22-21-10-12-9-13(25(28)29)7-8-16(12)20/h3-11H,1-2H3,(H,22,26)/b21-10-. The molecule has 0 saturated carbocycles. The SMILES string of the molecule is CC(C)n1nc(C(=O)N/N=C\c2cc([N+](=O)[O-])ccc2Cl)c2ccccc2c1=O. The highest BCUT2D eigenvalue weighted by Gasteiger charge is 2.17. The van der Waals surface area contributed by atoms with E-state index in [0.717, 1.165) is 0 Å². The van der Waals surface area contributed by atoms with E-state index in [0.29, 0.717) is 10.8 Å². The highest BCUT2D eigenvalue weighted by molar-refractivity contribution is 6.33. The number of nitro benzene ring substituents is 1. The van der Waals surface area contributed by atoms with Crippen LogP contribution < -0.4 is 11.0 Å². The highest BCUT2D eigenvalue weighted by Crippen LogP contribution is 2.20. The molecule has 3 rings (SSSR count). The van der Waals surface area contributed by atoms with Gasteiger partial charge in [0.25, 0.3) is 17.2 Å². The molecule has 1 amide bonds. The molecule has 29 heavy (non-hydrogen) atoms. The van der Waals surface area contributed by atoms with Crippen LogP contribution in [0, 0.1) is 10.1 Å². The number of non-ortho nitro benzene ring substituents is 1. The summed E-state index contributed by atoms with van der Waals surface area (Å²) >= 11 is 6.01. The monoisotopic (exact) mass is 413 g/mol. The Hall–Kier alpha value is -3.59. The molecular weight excluding hydrogens is 398 g/mol. The molecule has 0 bridgehead atoms. The van der Waals surface area contributed by atoms with Gasteiger partial charge in [0.05, 0.1) is 22.6 Å². The maximum Gasteiger partial charge on any atom is 0.292 e. The zero-order valence-electron chi connectivity index (χ0n) is 15.5. The van der Waals surface area contributed by atoms with Gasteiger partial charge >= 0.3 is 0 Å². The Morgan fingerprint density at radius 2 is 1.97 bits per heavy atom. The van der Waals surface area contributed by atoms with Crippen LogP contribution in [0.1, 0.15) is 35.9 Å². The molecule has 0 spiro atoms. The van der Waals surface area contributed by atoms with Gasteiger partial charge in [0.15, 0.2) is 5.69 Å². The van der Waals surface area contributed by atoms with Crippen LogP contribution in [-0.2, 0) is 0 Å². The summed E-state index contributed by atoms with van der Waals surface area (Å²) in [7, 11) is 0. The molecule has 10 heteroatoms. The number of fused-ring (bicyclic) bond motifs is 1. The van der Waals surface area contributed by atoms with Crippen molar-refractivity contribution in [3.63, 3.8) is 0 Å². The van der Waals surface area contributed by atoms with E-state index in [4.69, 9.17) is 11.6 Å². The van der Waals surface area contributed by atoms with Gasteiger partial charge in [-0.25, -0.2) is 10.1 Å². The van der Waals surface area contributed by atoms with Crippen LogP contribution in [0.2, 0.25) is 5.02 Å². The maximum atomic E-state index is 12.7. The fourth-order valence-electron chi connectivity index (χ4n) is 2.68. The number of nitrogens with zero attached hydrogens (tertiary/aromatic N) is 4. The van der Waals surface area contributed by atoms with Crippen molar-refractivity contribution in [1.29, 1.82) is 0 Å². The van der Waals surface area contributed by atoms with Crippen LogP contribution in [0.3, 0.4) is 0 Å². The Kier molecular flexibility index (Phi) is 5.69. The first kappa shape index (κ1) is 20.2. The largest absolute Gasteiger partial charge is 0.292 e. The number of benzene rings is 2. The number of carbonyl (C=O) groups excluding carboxylic acids is 1. The third-order valence-corrected chi connectivity index (χ3v) is 4.44. The average Bonchev–Trinajstić information content (AvgIpc) is 2.69. The lowest BCUT2D eigenvalue weighted by molar-refractivity contribution is -0.384. The lowest BCUT2D eigenvalue weighted by atomic mass is 10.1. The number of nitro groups is 1. The van der Waals surface area contributed by atoms with Gasteiger partial charge in [-0.3, -0.25) is 19.7 Å². The third-order valence-electron chi connectivity index (χ3n) is 4.09. The number of amides is 1. The molecule has 9 nitrogen and oxygen atoms in total. The average molecular weight is 414 g/mol. The van der Waals surface area contributed by atoms with E-state index in [9.17, 15) is 19.7 Å². The molecule has 2 aromatic carbocycles. The van der Waals surface area contributed by atoms with Crippen molar-refractivity contribution in [2.75, 3.05) is 0 Å². The van der Waals surface area contributed by atoms with E-state index < -0.39 is 10.8 Å². The second-order valence-corrected chi connectivity index (χ2v) is 6.81. The molecule has 0 unspecified atom stereocenters. The zero-order valence-corrected chi connectivity index (χ0v) is 16.3. The van der Waals surface area contributed by atoms with Crippen LogP contribution in [0.4, 0.5) is 5.69 Å². The molecule has 1 heterocycles. The Labute approximate surface area is 169 Å². The van der Waals surface area contributed by atoms with Gasteiger partial charge < -0.3 is 0 Å². The Balaban J connectivity index is 1.94. The van der Waals surface area contributed by atoms with Crippen LogP contribution in [0.25, 0.3) is 10.8 Å². The predicted molar refractivity (Wildman–Crippen MR) is 110 cm³/mol. The van der Waals surface area contributed by atoms with Gasteiger partial charge in [-0.05, 0) is 26.0 Å². The lowest BCUT2D eigenvalue weighted by Gasteiger charge is -2.12. The molecule has 3 aromatic rings. The first-order valence-corrected chi connectivity index (χ1v) is 8.96. The minimum atomic E-state index is -0.631.